The second-order valence-electron chi connectivity index (χ2n) is 5.59. The third-order valence-corrected chi connectivity index (χ3v) is 4.02. The molecule has 106 valence electrons. The quantitative estimate of drug-likeness (QED) is 0.825. The number of primary amides is 1. The van der Waals surface area contributed by atoms with Gasteiger partial charge in [0.15, 0.2) is 0 Å². The summed E-state index contributed by atoms with van der Waals surface area (Å²) in [7, 11) is 0. The van der Waals surface area contributed by atoms with Crippen LogP contribution in [-0.4, -0.2) is 16.5 Å². The molecule has 1 aromatic heterocycles. The van der Waals surface area contributed by atoms with Gasteiger partial charge in [-0.05, 0) is 43.7 Å². The van der Waals surface area contributed by atoms with Gasteiger partial charge in [0.05, 0.1) is 0 Å². The van der Waals surface area contributed by atoms with E-state index in [1.54, 1.807) is 0 Å². The van der Waals surface area contributed by atoms with E-state index in [1.165, 1.54) is 12.0 Å². The maximum atomic E-state index is 11.1. The molecule has 0 spiro atoms. The van der Waals surface area contributed by atoms with E-state index in [1.807, 2.05) is 0 Å². The van der Waals surface area contributed by atoms with Gasteiger partial charge in [-0.2, -0.15) is 0 Å². The SMILES string of the molecule is CCCn1ccc(CNC2CCC(C(N)=O)CC2)c1. The molecule has 1 heterocycles. The Kier molecular flexibility index (Phi) is 5.02. The van der Waals surface area contributed by atoms with Gasteiger partial charge >= 0.3 is 0 Å². The Labute approximate surface area is 115 Å². The van der Waals surface area contributed by atoms with Crippen molar-refractivity contribution in [3.05, 3.63) is 24.0 Å². The summed E-state index contributed by atoms with van der Waals surface area (Å²) in [5.74, 6) is -0.0289. The van der Waals surface area contributed by atoms with Crippen LogP contribution in [0.3, 0.4) is 0 Å². The molecule has 0 unspecified atom stereocenters. The molecule has 3 N–H and O–H groups in total. The molecule has 0 aromatic carbocycles. The Morgan fingerprint density at radius 1 is 1.42 bits per heavy atom. The van der Waals surface area contributed by atoms with Crippen molar-refractivity contribution in [2.24, 2.45) is 11.7 Å². The molecule has 1 aliphatic carbocycles. The molecular weight excluding hydrogens is 238 g/mol. The molecule has 2 rings (SSSR count). The Bertz CT molecular complexity index is 405. The molecule has 1 amide bonds. The van der Waals surface area contributed by atoms with Crippen LogP contribution in [0.15, 0.2) is 18.5 Å². The van der Waals surface area contributed by atoms with E-state index < -0.39 is 0 Å². The molecule has 1 aromatic rings. The Hall–Kier alpha value is -1.29. The number of hydrogen-bond acceptors (Lipinski definition) is 2. The normalized spacial score (nSPS) is 23.4. The number of carbonyl (C=O) groups excluding carboxylic acids is 1. The fourth-order valence-corrected chi connectivity index (χ4v) is 2.84. The number of amides is 1. The van der Waals surface area contributed by atoms with Gasteiger partial charge < -0.3 is 15.6 Å². The highest BCUT2D eigenvalue weighted by atomic mass is 16.1. The van der Waals surface area contributed by atoms with Crippen LogP contribution in [0.25, 0.3) is 0 Å². The molecule has 1 aliphatic rings. The predicted molar refractivity (Wildman–Crippen MR) is 76.5 cm³/mol. The fourth-order valence-electron chi connectivity index (χ4n) is 2.84. The van der Waals surface area contributed by atoms with Crippen LogP contribution in [0.4, 0.5) is 0 Å². The van der Waals surface area contributed by atoms with Crippen molar-refractivity contribution < 1.29 is 4.79 Å². The summed E-state index contributed by atoms with van der Waals surface area (Å²) in [6, 6.07) is 2.71. The lowest BCUT2D eigenvalue weighted by Gasteiger charge is -2.27. The first-order valence-electron chi connectivity index (χ1n) is 7.36. The van der Waals surface area contributed by atoms with Crippen molar-refractivity contribution in [1.29, 1.82) is 0 Å². The molecular formula is C15H25N3O. The van der Waals surface area contributed by atoms with Crippen LogP contribution in [0.1, 0.15) is 44.6 Å². The largest absolute Gasteiger partial charge is 0.369 e. The van der Waals surface area contributed by atoms with E-state index in [-0.39, 0.29) is 11.8 Å². The minimum atomic E-state index is -0.130. The lowest BCUT2D eigenvalue weighted by atomic mass is 9.85. The highest BCUT2D eigenvalue weighted by Crippen LogP contribution is 2.24. The molecule has 0 radical (unpaired) electrons. The molecule has 0 saturated heterocycles. The zero-order valence-electron chi connectivity index (χ0n) is 11.8. The number of nitrogens with one attached hydrogen (secondary N) is 1. The second-order valence-corrected chi connectivity index (χ2v) is 5.59. The van der Waals surface area contributed by atoms with E-state index in [0.29, 0.717) is 6.04 Å². The Balaban J connectivity index is 1.72. The summed E-state index contributed by atoms with van der Waals surface area (Å²) >= 11 is 0. The van der Waals surface area contributed by atoms with Crippen LogP contribution >= 0.6 is 0 Å². The third-order valence-electron chi connectivity index (χ3n) is 4.02. The van der Waals surface area contributed by atoms with Crippen molar-refractivity contribution in [2.75, 3.05) is 0 Å². The first-order valence-corrected chi connectivity index (χ1v) is 7.36. The van der Waals surface area contributed by atoms with Gasteiger partial charge in [0.1, 0.15) is 0 Å². The van der Waals surface area contributed by atoms with E-state index in [0.717, 1.165) is 38.8 Å². The average Bonchev–Trinajstić information content (AvgIpc) is 2.85. The highest BCUT2D eigenvalue weighted by molar-refractivity contribution is 5.76. The lowest BCUT2D eigenvalue weighted by Crippen LogP contribution is -2.36. The maximum Gasteiger partial charge on any atom is 0.220 e. The topological polar surface area (TPSA) is 60.1 Å². The predicted octanol–water partition coefficient (Wildman–Crippen LogP) is 2.03. The number of aryl methyl sites for hydroxylation is 1. The zero-order valence-corrected chi connectivity index (χ0v) is 11.8. The Morgan fingerprint density at radius 3 is 2.79 bits per heavy atom. The fraction of sp³-hybridized carbons (Fsp3) is 0.667. The van der Waals surface area contributed by atoms with Gasteiger partial charge in [0.2, 0.25) is 5.91 Å². The molecule has 4 heteroatoms. The van der Waals surface area contributed by atoms with Crippen molar-refractivity contribution in [3.8, 4) is 0 Å². The summed E-state index contributed by atoms with van der Waals surface area (Å²) < 4.78 is 2.24. The monoisotopic (exact) mass is 263 g/mol. The van der Waals surface area contributed by atoms with Crippen LogP contribution < -0.4 is 11.1 Å². The molecule has 0 aliphatic heterocycles. The summed E-state index contributed by atoms with van der Waals surface area (Å²) in [6.45, 7) is 4.20. The summed E-state index contributed by atoms with van der Waals surface area (Å²) in [6.07, 6.45) is 9.51. The summed E-state index contributed by atoms with van der Waals surface area (Å²) in [5, 5.41) is 3.59. The summed E-state index contributed by atoms with van der Waals surface area (Å²) in [4.78, 5) is 11.1. The van der Waals surface area contributed by atoms with E-state index >= 15 is 0 Å². The molecule has 1 saturated carbocycles. The molecule has 19 heavy (non-hydrogen) atoms. The van der Waals surface area contributed by atoms with Crippen LogP contribution in [0.5, 0.6) is 0 Å². The van der Waals surface area contributed by atoms with Gasteiger partial charge in [-0.3, -0.25) is 4.79 Å². The first-order chi connectivity index (χ1) is 9.19. The van der Waals surface area contributed by atoms with E-state index in [2.05, 4.69) is 35.3 Å². The number of nitrogens with zero attached hydrogens (tertiary/aromatic N) is 1. The average molecular weight is 263 g/mol. The van der Waals surface area contributed by atoms with Crippen molar-refractivity contribution in [2.45, 2.75) is 58.2 Å². The number of rotatable bonds is 6. The van der Waals surface area contributed by atoms with E-state index in [4.69, 9.17) is 5.73 Å². The third kappa shape index (κ3) is 4.10. The molecule has 0 bridgehead atoms. The Morgan fingerprint density at radius 2 is 2.16 bits per heavy atom. The summed E-state index contributed by atoms with van der Waals surface area (Å²) in [5.41, 5.74) is 6.69. The van der Waals surface area contributed by atoms with Crippen molar-refractivity contribution in [1.82, 2.24) is 9.88 Å². The van der Waals surface area contributed by atoms with Crippen LogP contribution in [0.2, 0.25) is 0 Å². The van der Waals surface area contributed by atoms with Crippen LogP contribution in [-0.2, 0) is 17.9 Å². The number of aromatic nitrogens is 1. The van der Waals surface area contributed by atoms with Gasteiger partial charge in [0, 0.05) is 37.4 Å². The van der Waals surface area contributed by atoms with Gasteiger partial charge in [0.25, 0.3) is 0 Å². The number of carbonyl (C=O) groups is 1. The van der Waals surface area contributed by atoms with Gasteiger partial charge in [-0.15, -0.1) is 0 Å². The first kappa shape index (κ1) is 14.1. The second kappa shape index (κ2) is 6.75. The zero-order chi connectivity index (χ0) is 13.7. The van der Waals surface area contributed by atoms with Crippen molar-refractivity contribution >= 4 is 5.91 Å². The molecule has 0 atom stereocenters. The molecule has 4 nitrogen and oxygen atoms in total. The van der Waals surface area contributed by atoms with E-state index in [9.17, 15) is 4.79 Å². The smallest absolute Gasteiger partial charge is 0.220 e. The van der Waals surface area contributed by atoms with Gasteiger partial charge in [-0.1, -0.05) is 6.92 Å². The van der Waals surface area contributed by atoms with Gasteiger partial charge in [-0.25, -0.2) is 0 Å². The standard InChI is InChI=1S/C15H25N3O/c1-2-8-18-9-7-12(11-18)10-17-14-5-3-13(4-6-14)15(16)19/h7,9,11,13-14,17H,2-6,8,10H2,1H3,(H2,16,19). The van der Waals surface area contributed by atoms with Crippen LogP contribution in [0, 0.1) is 5.92 Å². The maximum absolute atomic E-state index is 11.1. The number of hydrogen-bond donors (Lipinski definition) is 2. The minimum absolute atomic E-state index is 0.101. The number of nitrogens with two attached hydrogens (primary N) is 1. The minimum Gasteiger partial charge on any atom is -0.369 e. The molecule has 1 fully saturated rings. The van der Waals surface area contributed by atoms with Crippen molar-refractivity contribution in [3.63, 3.8) is 0 Å². The highest BCUT2D eigenvalue weighted by Gasteiger charge is 2.24. The lowest BCUT2D eigenvalue weighted by molar-refractivity contribution is -0.122.